The van der Waals surface area contributed by atoms with Gasteiger partial charge in [0.1, 0.15) is 5.58 Å². The smallest absolute Gasteiger partial charge is 0.338 e. The van der Waals surface area contributed by atoms with E-state index in [4.69, 9.17) is 9.52 Å². The summed E-state index contributed by atoms with van der Waals surface area (Å²) in [5.41, 5.74) is 0.799. The summed E-state index contributed by atoms with van der Waals surface area (Å²) in [5, 5.41) is 9.71. The van der Waals surface area contributed by atoms with Gasteiger partial charge >= 0.3 is 5.97 Å². The van der Waals surface area contributed by atoms with Crippen LogP contribution in [0.3, 0.4) is 0 Å². The van der Waals surface area contributed by atoms with Gasteiger partial charge in [0, 0.05) is 17.8 Å². The van der Waals surface area contributed by atoms with Crippen molar-refractivity contribution in [1.29, 1.82) is 0 Å². The minimum Gasteiger partial charge on any atom is -0.478 e. The first kappa shape index (κ1) is 10.5. The second-order valence-electron chi connectivity index (χ2n) is 3.75. The molecule has 1 N–H and O–H groups in total. The average Bonchev–Trinajstić information content (AvgIpc) is 2.82. The highest BCUT2D eigenvalue weighted by molar-refractivity contribution is 5.87. The number of para-hydroxylation sites is 1. The van der Waals surface area contributed by atoms with Gasteiger partial charge in [0.25, 0.3) is 0 Å². The van der Waals surface area contributed by atoms with Crippen LogP contribution in [0.15, 0.2) is 47.1 Å². The normalized spacial score (nSPS) is 10.7. The van der Waals surface area contributed by atoms with Crippen LogP contribution in [-0.4, -0.2) is 21.0 Å². The molecule has 0 aliphatic rings. The number of rotatable bonds is 2. The van der Waals surface area contributed by atoms with E-state index >= 15 is 0 Å². The molecule has 0 aliphatic heterocycles. The van der Waals surface area contributed by atoms with Crippen molar-refractivity contribution in [3.63, 3.8) is 0 Å². The van der Waals surface area contributed by atoms with E-state index in [1.165, 1.54) is 12.4 Å². The zero-order chi connectivity index (χ0) is 12.5. The van der Waals surface area contributed by atoms with E-state index in [1.807, 2.05) is 30.3 Å². The van der Waals surface area contributed by atoms with Gasteiger partial charge < -0.3 is 9.52 Å². The number of nitrogens with zero attached hydrogens (tertiary/aromatic N) is 2. The molecular weight excluding hydrogens is 232 g/mol. The number of carboxylic acid groups (broad SMARTS) is 1. The third kappa shape index (κ3) is 1.71. The molecule has 0 atom stereocenters. The Kier molecular flexibility index (Phi) is 2.30. The highest BCUT2D eigenvalue weighted by Crippen LogP contribution is 2.24. The van der Waals surface area contributed by atoms with Crippen LogP contribution in [0.2, 0.25) is 0 Å². The summed E-state index contributed by atoms with van der Waals surface area (Å²) in [7, 11) is 0. The first-order valence-electron chi connectivity index (χ1n) is 5.28. The summed E-state index contributed by atoms with van der Waals surface area (Å²) in [6.45, 7) is 0. The zero-order valence-corrected chi connectivity index (χ0v) is 9.20. The molecule has 18 heavy (non-hydrogen) atoms. The van der Waals surface area contributed by atoms with Crippen LogP contribution in [0, 0.1) is 0 Å². The Morgan fingerprint density at radius 1 is 1.17 bits per heavy atom. The van der Waals surface area contributed by atoms with Gasteiger partial charge in [-0.25, -0.2) is 14.8 Å². The highest BCUT2D eigenvalue weighted by Gasteiger charge is 2.10. The van der Waals surface area contributed by atoms with E-state index in [0.29, 0.717) is 11.6 Å². The maximum absolute atomic E-state index is 10.7. The van der Waals surface area contributed by atoms with E-state index in [2.05, 4.69) is 9.97 Å². The monoisotopic (exact) mass is 240 g/mol. The molecule has 0 amide bonds. The fraction of sp³-hybridized carbons (Fsp3) is 0. The third-order valence-electron chi connectivity index (χ3n) is 2.54. The molecule has 2 heterocycles. The molecule has 0 unspecified atom stereocenters. The summed E-state index contributed by atoms with van der Waals surface area (Å²) in [6.07, 6.45) is 2.52. The lowest BCUT2D eigenvalue weighted by Gasteiger charge is -1.95. The maximum Gasteiger partial charge on any atom is 0.338 e. The Hall–Kier alpha value is -2.69. The van der Waals surface area contributed by atoms with Crippen molar-refractivity contribution in [2.45, 2.75) is 0 Å². The van der Waals surface area contributed by atoms with Gasteiger partial charge in [-0.05, 0) is 12.1 Å². The van der Waals surface area contributed by atoms with Gasteiger partial charge in [-0.3, -0.25) is 0 Å². The first-order valence-corrected chi connectivity index (χ1v) is 5.28. The molecule has 1 aromatic carbocycles. The van der Waals surface area contributed by atoms with E-state index < -0.39 is 5.97 Å². The van der Waals surface area contributed by atoms with Crippen molar-refractivity contribution in [3.8, 4) is 11.6 Å². The molecule has 5 heteroatoms. The molecule has 88 valence electrons. The van der Waals surface area contributed by atoms with Crippen LogP contribution in [-0.2, 0) is 0 Å². The summed E-state index contributed by atoms with van der Waals surface area (Å²) in [4.78, 5) is 18.6. The fourth-order valence-corrected chi connectivity index (χ4v) is 1.66. The van der Waals surface area contributed by atoms with Crippen molar-refractivity contribution in [1.82, 2.24) is 9.97 Å². The van der Waals surface area contributed by atoms with E-state index in [1.54, 1.807) is 0 Å². The maximum atomic E-state index is 10.7. The van der Waals surface area contributed by atoms with Gasteiger partial charge in [-0.2, -0.15) is 0 Å². The van der Waals surface area contributed by atoms with Crippen LogP contribution in [0.4, 0.5) is 0 Å². The molecule has 0 fully saturated rings. The van der Waals surface area contributed by atoms with Crippen LogP contribution in [0.5, 0.6) is 0 Å². The number of benzene rings is 1. The Bertz CT molecular complexity index is 683. The largest absolute Gasteiger partial charge is 0.478 e. The van der Waals surface area contributed by atoms with Gasteiger partial charge in [0.05, 0.1) is 5.56 Å². The molecule has 2 aromatic heterocycles. The number of carbonyl (C=O) groups is 1. The van der Waals surface area contributed by atoms with Crippen molar-refractivity contribution in [3.05, 3.63) is 48.3 Å². The average molecular weight is 240 g/mol. The van der Waals surface area contributed by atoms with Gasteiger partial charge in [0.2, 0.25) is 0 Å². The lowest BCUT2D eigenvalue weighted by molar-refractivity contribution is 0.0696. The van der Waals surface area contributed by atoms with Crippen LogP contribution < -0.4 is 0 Å². The molecule has 0 aliphatic carbocycles. The quantitative estimate of drug-likeness (QED) is 0.745. The molecule has 0 spiro atoms. The summed E-state index contributed by atoms with van der Waals surface area (Å²) in [5.74, 6) is -0.157. The predicted octanol–water partition coefficient (Wildman–Crippen LogP) is 2.59. The number of aromatic nitrogens is 2. The lowest BCUT2D eigenvalue weighted by Crippen LogP contribution is -1.99. The van der Waals surface area contributed by atoms with Crippen LogP contribution in [0.25, 0.3) is 22.6 Å². The molecular formula is C13H8N2O3. The van der Waals surface area contributed by atoms with E-state index in [0.717, 1.165) is 11.0 Å². The van der Waals surface area contributed by atoms with Crippen molar-refractivity contribution >= 4 is 16.9 Å². The molecule has 0 saturated heterocycles. The van der Waals surface area contributed by atoms with Gasteiger partial charge in [0.15, 0.2) is 11.6 Å². The molecule has 0 bridgehead atoms. The van der Waals surface area contributed by atoms with Gasteiger partial charge in [-0.15, -0.1) is 0 Å². The van der Waals surface area contributed by atoms with Crippen LogP contribution in [0.1, 0.15) is 10.4 Å². The van der Waals surface area contributed by atoms with Crippen molar-refractivity contribution in [2.24, 2.45) is 0 Å². The Morgan fingerprint density at radius 2 is 1.89 bits per heavy atom. The summed E-state index contributed by atoms with van der Waals surface area (Å²) in [6, 6.07) is 9.39. The van der Waals surface area contributed by atoms with Crippen molar-refractivity contribution < 1.29 is 14.3 Å². The lowest BCUT2D eigenvalue weighted by atomic mass is 10.2. The van der Waals surface area contributed by atoms with E-state index in [9.17, 15) is 4.79 Å². The second kappa shape index (κ2) is 3.96. The molecule has 0 radical (unpaired) electrons. The summed E-state index contributed by atoms with van der Waals surface area (Å²) < 4.78 is 5.58. The minimum atomic E-state index is -1.05. The minimum absolute atomic E-state index is 0.0508. The Balaban J connectivity index is 2.06. The number of aromatic carboxylic acids is 1. The van der Waals surface area contributed by atoms with Gasteiger partial charge in [-0.1, -0.05) is 18.2 Å². The number of furan rings is 1. The Morgan fingerprint density at radius 3 is 2.56 bits per heavy atom. The predicted molar refractivity (Wildman–Crippen MR) is 64.2 cm³/mol. The van der Waals surface area contributed by atoms with Crippen LogP contribution >= 0.6 is 0 Å². The molecule has 5 nitrogen and oxygen atoms in total. The summed E-state index contributed by atoms with van der Waals surface area (Å²) >= 11 is 0. The molecule has 0 saturated carbocycles. The number of hydrogen-bond donors (Lipinski definition) is 1. The second-order valence-corrected chi connectivity index (χ2v) is 3.75. The highest BCUT2D eigenvalue weighted by atomic mass is 16.4. The first-order chi connectivity index (χ1) is 8.74. The number of fused-ring (bicyclic) bond motifs is 1. The Labute approximate surface area is 102 Å². The molecule has 3 rings (SSSR count). The topological polar surface area (TPSA) is 76.2 Å². The third-order valence-corrected chi connectivity index (χ3v) is 2.54. The zero-order valence-electron chi connectivity index (χ0n) is 9.20. The molecule has 3 aromatic rings. The number of hydrogen-bond acceptors (Lipinski definition) is 4. The van der Waals surface area contributed by atoms with Crippen molar-refractivity contribution in [2.75, 3.05) is 0 Å². The number of carboxylic acids is 1. The van der Waals surface area contributed by atoms with E-state index in [-0.39, 0.29) is 5.56 Å². The SMILES string of the molecule is O=C(O)c1cnc(-c2cc3ccccc3o2)nc1. The fourth-order valence-electron chi connectivity index (χ4n) is 1.66. The standard InChI is InChI=1S/C13H8N2O3/c16-13(17)9-6-14-12(15-7-9)11-5-8-3-1-2-4-10(8)18-11/h1-7H,(H,16,17).